The van der Waals surface area contributed by atoms with Crippen LogP contribution in [-0.4, -0.2) is 41.8 Å². The molecule has 0 bridgehead atoms. The normalized spacial score (nSPS) is 19.6. The molecule has 5 heteroatoms. The van der Waals surface area contributed by atoms with E-state index in [0.29, 0.717) is 6.54 Å². The molecule has 0 N–H and O–H groups in total. The van der Waals surface area contributed by atoms with Gasteiger partial charge in [0.25, 0.3) is 0 Å². The van der Waals surface area contributed by atoms with Gasteiger partial charge in [-0.1, -0.05) is 12.1 Å². The number of likely N-dealkylation sites (tertiary alicyclic amines) is 1. The maximum atomic E-state index is 13.0. The first kappa shape index (κ1) is 16.5. The Kier molecular flexibility index (Phi) is 5.16. The summed E-state index contributed by atoms with van der Waals surface area (Å²) in [6.07, 6.45) is 1.66. The molecule has 1 saturated heterocycles. The van der Waals surface area contributed by atoms with Crippen LogP contribution in [0, 0.1) is 11.7 Å². The quantitative estimate of drug-likeness (QED) is 0.861. The van der Waals surface area contributed by atoms with E-state index in [-0.39, 0.29) is 29.6 Å². The van der Waals surface area contributed by atoms with Crippen LogP contribution in [0.5, 0.6) is 0 Å². The lowest BCUT2D eigenvalue weighted by Crippen LogP contribution is -2.45. The SMILES string of the molecule is CC(=O)N1CCC[C@@H](C(=O)N(C)[C@@H](C)c2ccc(F)cc2)C1. The van der Waals surface area contributed by atoms with E-state index < -0.39 is 0 Å². The minimum atomic E-state index is -0.283. The Morgan fingerprint density at radius 2 is 1.95 bits per heavy atom. The van der Waals surface area contributed by atoms with E-state index in [1.807, 2.05) is 6.92 Å². The zero-order chi connectivity index (χ0) is 16.3. The molecule has 2 amide bonds. The predicted octanol–water partition coefficient (Wildman–Crippen LogP) is 2.60. The summed E-state index contributed by atoms with van der Waals surface area (Å²) >= 11 is 0. The Hall–Kier alpha value is -1.91. The van der Waals surface area contributed by atoms with Crippen molar-refractivity contribution >= 4 is 11.8 Å². The number of rotatable bonds is 3. The van der Waals surface area contributed by atoms with Crippen molar-refractivity contribution in [1.29, 1.82) is 0 Å². The molecule has 0 radical (unpaired) electrons. The van der Waals surface area contributed by atoms with Crippen LogP contribution >= 0.6 is 0 Å². The van der Waals surface area contributed by atoms with Crippen molar-refractivity contribution < 1.29 is 14.0 Å². The van der Waals surface area contributed by atoms with Crippen LogP contribution in [0.15, 0.2) is 24.3 Å². The Bertz CT molecular complexity index is 544. The van der Waals surface area contributed by atoms with Gasteiger partial charge in [-0.05, 0) is 37.5 Å². The highest BCUT2D eigenvalue weighted by atomic mass is 19.1. The van der Waals surface area contributed by atoms with Crippen molar-refractivity contribution in [2.45, 2.75) is 32.7 Å². The zero-order valence-corrected chi connectivity index (χ0v) is 13.4. The number of hydrogen-bond acceptors (Lipinski definition) is 2. The number of halogens is 1. The molecular formula is C17H23FN2O2. The van der Waals surface area contributed by atoms with E-state index in [0.717, 1.165) is 24.9 Å². The smallest absolute Gasteiger partial charge is 0.227 e. The van der Waals surface area contributed by atoms with E-state index in [1.165, 1.54) is 19.1 Å². The summed E-state index contributed by atoms with van der Waals surface area (Å²) in [6, 6.07) is 6.09. The van der Waals surface area contributed by atoms with Crippen LogP contribution in [0.1, 0.15) is 38.3 Å². The van der Waals surface area contributed by atoms with E-state index in [9.17, 15) is 14.0 Å². The third kappa shape index (κ3) is 3.64. The van der Waals surface area contributed by atoms with E-state index in [2.05, 4.69) is 0 Å². The fourth-order valence-electron chi connectivity index (χ4n) is 2.91. The zero-order valence-electron chi connectivity index (χ0n) is 13.4. The van der Waals surface area contributed by atoms with Gasteiger partial charge in [0.1, 0.15) is 5.82 Å². The number of piperidine rings is 1. The van der Waals surface area contributed by atoms with Gasteiger partial charge in [-0.2, -0.15) is 0 Å². The molecule has 1 heterocycles. The molecule has 0 aromatic heterocycles. The van der Waals surface area contributed by atoms with Crippen LogP contribution in [0.4, 0.5) is 4.39 Å². The minimum Gasteiger partial charge on any atom is -0.342 e. The molecule has 2 rings (SSSR count). The highest BCUT2D eigenvalue weighted by Crippen LogP contribution is 2.24. The molecule has 0 unspecified atom stereocenters. The van der Waals surface area contributed by atoms with Crippen molar-refractivity contribution in [3.8, 4) is 0 Å². The summed E-state index contributed by atoms with van der Waals surface area (Å²) in [7, 11) is 1.77. The molecule has 1 aliphatic heterocycles. The summed E-state index contributed by atoms with van der Waals surface area (Å²) in [5, 5.41) is 0. The lowest BCUT2D eigenvalue weighted by molar-refractivity contribution is -0.140. The first-order valence-corrected chi connectivity index (χ1v) is 7.67. The van der Waals surface area contributed by atoms with Gasteiger partial charge in [0.2, 0.25) is 11.8 Å². The summed E-state index contributed by atoms with van der Waals surface area (Å²) in [5.41, 5.74) is 0.900. The second kappa shape index (κ2) is 6.90. The van der Waals surface area contributed by atoms with Gasteiger partial charge in [-0.25, -0.2) is 4.39 Å². The van der Waals surface area contributed by atoms with Gasteiger partial charge in [-0.15, -0.1) is 0 Å². The monoisotopic (exact) mass is 306 g/mol. The fraction of sp³-hybridized carbons (Fsp3) is 0.529. The Morgan fingerprint density at radius 1 is 1.32 bits per heavy atom. The van der Waals surface area contributed by atoms with E-state index >= 15 is 0 Å². The lowest BCUT2D eigenvalue weighted by atomic mass is 9.95. The molecule has 1 aliphatic rings. The number of nitrogens with zero attached hydrogens (tertiary/aromatic N) is 2. The third-order valence-corrected chi connectivity index (χ3v) is 4.50. The summed E-state index contributed by atoms with van der Waals surface area (Å²) in [5.74, 6) is -0.366. The molecule has 22 heavy (non-hydrogen) atoms. The van der Waals surface area contributed by atoms with Crippen molar-refractivity contribution in [3.63, 3.8) is 0 Å². The van der Waals surface area contributed by atoms with Crippen LogP contribution in [0.3, 0.4) is 0 Å². The molecule has 0 saturated carbocycles. The Labute approximate surface area is 130 Å². The summed E-state index contributed by atoms with van der Waals surface area (Å²) in [4.78, 5) is 27.6. The van der Waals surface area contributed by atoms with Gasteiger partial charge >= 0.3 is 0 Å². The minimum absolute atomic E-state index is 0.0201. The maximum absolute atomic E-state index is 13.0. The molecule has 120 valence electrons. The van der Waals surface area contributed by atoms with Gasteiger partial charge < -0.3 is 9.80 Å². The maximum Gasteiger partial charge on any atom is 0.227 e. The van der Waals surface area contributed by atoms with Crippen LogP contribution < -0.4 is 0 Å². The van der Waals surface area contributed by atoms with Gasteiger partial charge in [-0.3, -0.25) is 9.59 Å². The number of benzene rings is 1. The van der Waals surface area contributed by atoms with Crippen molar-refractivity contribution in [2.24, 2.45) is 5.92 Å². The van der Waals surface area contributed by atoms with Gasteiger partial charge in [0.15, 0.2) is 0 Å². The average Bonchev–Trinajstić information content (AvgIpc) is 2.53. The van der Waals surface area contributed by atoms with Gasteiger partial charge in [0.05, 0.1) is 12.0 Å². The number of carbonyl (C=O) groups is 2. The molecular weight excluding hydrogens is 283 g/mol. The first-order chi connectivity index (χ1) is 10.4. The molecule has 0 spiro atoms. The number of amides is 2. The first-order valence-electron chi connectivity index (χ1n) is 7.67. The van der Waals surface area contributed by atoms with Crippen molar-refractivity contribution in [2.75, 3.05) is 20.1 Å². The highest BCUT2D eigenvalue weighted by Gasteiger charge is 2.30. The molecule has 1 aromatic carbocycles. The fourth-order valence-corrected chi connectivity index (χ4v) is 2.91. The number of hydrogen-bond donors (Lipinski definition) is 0. The number of carbonyl (C=O) groups excluding carboxylic acids is 2. The van der Waals surface area contributed by atoms with E-state index in [1.54, 1.807) is 29.0 Å². The second-order valence-corrected chi connectivity index (χ2v) is 5.98. The Morgan fingerprint density at radius 3 is 2.55 bits per heavy atom. The standard InChI is InChI=1S/C17H23FN2O2/c1-12(14-6-8-16(18)9-7-14)19(3)17(22)15-5-4-10-20(11-15)13(2)21/h6-9,12,15H,4-5,10-11H2,1-3H3/t12-,15+/m0/s1. The molecule has 1 aromatic rings. The van der Waals surface area contributed by atoms with E-state index in [4.69, 9.17) is 0 Å². The lowest BCUT2D eigenvalue weighted by Gasteiger charge is -2.35. The topological polar surface area (TPSA) is 40.6 Å². The largest absolute Gasteiger partial charge is 0.342 e. The van der Waals surface area contributed by atoms with Crippen LogP contribution in [0.25, 0.3) is 0 Å². The van der Waals surface area contributed by atoms with Crippen molar-refractivity contribution in [1.82, 2.24) is 9.80 Å². The van der Waals surface area contributed by atoms with Gasteiger partial charge in [0, 0.05) is 27.1 Å². The second-order valence-electron chi connectivity index (χ2n) is 5.98. The Balaban J connectivity index is 2.04. The summed E-state index contributed by atoms with van der Waals surface area (Å²) < 4.78 is 13.0. The molecule has 2 atom stereocenters. The molecule has 1 fully saturated rings. The molecule has 4 nitrogen and oxygen atoms in total. The predicted molar refractivity (Wildman–Crippen MR) is 82.6 cm³/mol. The van der Waals surface area contributed by atoms with Crippen LogP contribution in [-0.2, 0) is 9.59 Å². The average molecular weight is 306 g/mol. The highest BCUT2D eigenvalue weighted by molar-refractivity contribution is 5.81. The summed E-state index contributed by atoms with van der Waals surface area (Å²) in [6.45, 7) is 4.69. The molecule has 0 aliphatic carbocycles. The van der Waals surface area contributed by atoms with Crippen LogP contribution in [0.2, 0.25) is 0 Å². The van der Waals surface area contributed by atoms with Crippen molar-refractivity contribution in [3.05, 3.63) is 35.6 Å². The third-order valence-electron chi connectivity index (χ3n) is 4.50.